The van der Waals surface area contributed by atoms with Gasteiger partial charge in [-0.2, -0.15) is 0 Å². The lowest BCUT2D eigenvalue weighted by Gasteiger charge is -2.09. The highest BCUT2D eigenvalue weighted by molar-refractivity contribution is 5.99. The largest absolute Gasteiger partial charge is 0.497 e. The summed E-state index contributed by atoms with van der Waals surface area (Å²) in [5, 5.41) is 5.69. The molecule has 3 N–H and O–H groups in total. The number of methoxy groups -OCH3 is 1. The van der Waals surface area contributed by atoms with E-state index >= 15 is 0 Å². The Labute approximate surface area is 168 Å². The quantitative estimate of drug-likeness (QED) is 0.436. The first-order chi connectivity index (χ1) is 14.2. The molecule has 6 nitrogen and oxygen atoms in total. The van der Waals surface area contributed by atoms with E-state index in [2.05, 4.69) is 26.7 Å². The van der Waals surface area contributed by atoms with Crippen LogP contribution in [0.4, 0.5) is 16.2 Å². The zero-order valence-electron chi connectivity index (χ0n) is 16.1. The van der Waals surface area contributed by atoms with Gasteiger partial charge in [0.05, 0.1) is 18.1 Å². The summed E-state index contributed by atoms with van der Waals surface area (Å²) in [5.41, 5.74) is 4.61. The number of ether oxygens (including phenoxy) is 1. The van der Waals surface area contributed by atoms with Crippen molar-refractivity contribution in [1.82, 2.24) is 9.97 Å². The number of imidazole rings is 1. The molecule has 6 heteroatoms. The van der Waals surface area contributed by atoms with Gasteiger partial charge in [0.1, 0.15) is 11.6 Å². The number of rotatable bonds is 6. The van der Waals surface area contributed by atoms with Gasteiger partial charge < -0.3 is 20.4 Å². The van der Waals surface area contributed by atoms with Crippen LogP contribution < -0.4 is 15.4 Å². The van der Waals surface area contributed by atoms with E-state index in [0.717, 1.165) is 46.7 Å². The van der Waals surface area contributed by atoms with Gasteiger partial charge in [-0.15, -0.1) is 0 Å². The second-order valence-electron chi connectivity index (χ2n) is 6.71. The number of nitrogens with zero attached hydrogens (tertiary/aromatic N) is 1. The molecule has 0 aliphatic carbocycles. The van der Waals surface area contributed by atoms with E-state index in [-0.39, 0.29) is 6.03 Å². The minimum absolute atomic E-state index is 0.287. The summed E-state index contributed by atoms with van der Waals surface area (Å²) in [5.74, 6) is 1.70. The minimum Gasteiger partial charge on any atom is -0.497 e. The number of urea groups is 1. The smallest absolute Gasteiger partial charge is 0.323 e. The number of hydrogen-bond acceptors (Lipinski definition) is 3. The monoisotopic (exact) mass is 386 g/mol. The molecule has 4 aromatic rings. The van der Waals surface area contributed by atoms with Crippen LogP contribution in [-0.4, -0.2) is 23.1 Å². The molecule has 0 saturated heterocycles. The molecule has 0 radical (unpaired) electrons. The first-order valence-corrected chi connectivity index (χ1v) is 9.44. The van der Waals surface area contributed by atoms with E-state index in [9.17, 15) is 4.79 Å². The van der Waals surface area contributed by atoms with Crippen molar-refractivity contribution in [2.75, 3.05) is 17.7 Å². The molecule has 1 aromatic heterocycles. The van der Waals surface area contributed by atoms with Gasteiger partial charge in [0, 0.05) is 17.8 Å². The summed E-state index contributed by atoms with van der Waals surface area (Å²) < 4.78 is 5.12. The highest BCUT2D eigenvalue weighted by Gasteiger charge is 2.06. The van der Waals surface area contributed by atoms with E-state index in [1.807, 2.05) is 42.5 Å². The number of hydrogen-bond donors (Lipinski definition) is 3. The lowest BCUT2D eigenvalue weighted by molar-refractivity contribution is 0.262. The Balaban J connectivity index is 1.35. The highest BCUT2D eigenvalue weighted by atomic mass is 16.5. The molecule has 0 aliphatic rings. The number of aromatic nitrogens is 2. The van der Waals surface area contributed by atoms with Gasteiger partial charge in [-0.3, -0.25) is 0 Å². The number of anilines is 2. The molecule has 2 amide bonds. The second kappa shape index (κ2) is 8.48. The fourth-order valence-electron chi connectivity index (χ4n) is 3.16. The van der Waals surface area contributed by atoms with Crippen LogP contribution in [0.15, 0.2) is 72.8 Å². The van der Waals surface area contributed by atoms with Gasteiger partial charge >= 0.3 is 6.03 Å². The molecule has 146 valence electrons. The number of para-hydroxylation sites is 2. The van der Waals surface area contributed by atoms with Crippen LogP contribution in [0.2, 0.25) is 0 Å². The fourth-order valence-corrected chi connectivity index (χ4v) is 3.16. The molecule has 0 bridgehead atoms. The summed E-state index contributed by atoms with van der Waals surface area (Å²) in [4.78, 5) is 20.2. The molecular weight excluding hydrogens is 364 g/mol. The molecule has 0 spiro atoms. The number of nitrogens with one attached hydrogen (secondary N) is 3. The topological polar surface area (TPSA) is 79.0 Å². The van der Waals surface area contributed by atoms with Gasteiger partial charge in [0.2, 0.25) is 0 Å². The summed E-state index contributed by atoms with van der Waals surface area (Å²) in [6.07, 6.45) is 1.63. The molecule has 0 saturated carbocycles. The normalized spacial score (nSPS) is 10.7. The number of H-pyrrole nitrogens is 1. The van der Waals surface area contributed by atoms with Crippen LogP contribution in [0.3, 0.4) is 0 Å². The number of aromatic amines is 1. The van der Waals surface area contributed by atoms with Crippen molar-refractivity contribution in [3.05, 3.63) is 84.2 Å². The summed E-state index contributed by atoms with van der Waals surface area (Å²) in [6, 6.07) is 22.8. The van der Waals surface area contributed by atoms with Gasteiger partial charge in [-0.1, -0.05) is 24.3 Å². The maximum Gasteiger partial charge on any atom is 0.323 e. The van der Waals surface area contributed by atoms with Crippen molar-refractivity contribution in [2.45, 2.75) is 12.8 Å². The number of carbonyl (C=O) groups is 1. The average Bonchev–Trinajstić information content (AvgIpc) is 3.16. The maximum atomic E-state index is 12.3. The van der Waals surface area contributed by atoms with Crippen molar-refractivity contribution in [2.24, 2.45) is 0 Å². The Morgan fingerprint density at radius 3 is 2.52 bits per heavy atom. The molecule has 3 aromatic carbocycles. The number of amides is 2. The van der Waals surface area contributed by atoms with Gasteiger partial charge in [-0.25, -0.2) is 9.78 Å². The lowest BCUT2D eigenvalue weighted by atomic mass is 10.1. The highest BCUT2D eigenvalue weighted by Crippen LogP contribution is 2.17. The van der Waals surface area contributed by atoms with Crippen molar-refractivity contribution >= 4 is 28.4 Å². The average molecular weight is 386 g/mol. The van der Waals surface area contributed by atoms with E-state index < -0.39 is 0 Å². The van der Waals surface area contributed by atoms with Crippen LogP contribution in [0.25, 0.3) is 11.0 Å². The minimum atomic E-state index is -0.287. The molecule has 4 rings (SSSR count). The fraction of sp³-hybridized carbons (Fsp3) is 0.130. The Hall–Kier alpha value is -3.80. The Morgan fingerprint density at radius 1 is 0.931 bits per heavy atom. The van der Waals surface area contributed by atoms with Crippen LogP contribution in [0, 0.1) is 0 Å². The number of benzene rings is 3. The molecule has 0 atom stereocenters. The standard InChI is InChI=1S/C23H22N4O2/c1-29-19-12-10-17(11-13-19)24-23(28)25-18-6-4-5-16(15-18)9-14-22-26-20-7-2-3-8-21(20)27-22/h2-8,10-13,15H,9,14H2,1H3,(H,26,27)(H2,24,25,28). The maximum absolute atomic E-state index is 12.3. The van der Waals surface area contributed by atoms with Crippen LogP contribution >= 0.6 is 0 Å². The summed E-state index contributed by atoms with van der Waals surface area (Å²) in [7, 11) is 1.61. The Morgan fingerprint density at radius 2 is 1.72 bits per heavy atom. The number of carbonyl (C=O) groups excluding carboxylic acids is 1. The zero-order valence-corrected chi connectivity index (χ0v) is 16.1. The summed E-state index contributed by atoms with van der Waals surface area (Å²) >= 11 is 0. The van der Waals surface area contributed by atoms with Crippen molar-refractivity contribution in [3.8, 4) is 5.75 Å². The second-order valence-corrected chi connectivity index (χ2v) is 6.71. The first kappa shape index (κ1) is 18.6. The third-order valence-electron chi connectivity index (χ3n) is 4.62. The molecular formula is C23H22N4O2. The van der Waals surface area contributed by atoms with E-state index in [4.69, 9.17) is 4.74 Å². The third kappa shape index (κ3) is 4.73. The molecule has 29 heavy (non-hydrogen) atoms. The third-order valence-corrected chi connectivity index (χ3v) is 4.62. The zero-order chi connectivity index (χ0) is 20.1. The van der Waals surface area contributed by atoms with E-state index in [0.29, 0.717) is 5.69 Å². The van der Waals surface area contributed by atoms with Crippen LogP contribution in [0.5, 0.6) is 5.75 Å². The van der Waals surface area contributed by atoms with Crippen LogP contribution in [0.1, 0.15) is 11.4 Å². The predicted molar refractivity (Wildman–Crippen MR) is 116 cm³/mol. The SMILES string of the molecule is COc1ccc(NC(=O)Nc2cccc(CCc3nc4ccccc4[nH]3)c2)cc1. The number of fused-ring (bicyclic) bond motifs is 1. The predicted octanol–water partition coefficient (Wildman–Crippen LogP) is 5.00. The van der Waals surface area contributed by atoms with E-state index in [1.165, 1.54) is 0 Å². The van der Waals surface area contributed by atoms with E-state index in [1.54, 1.807) is 31.4 Å². The van der Waals surface area contributed by atoms with Gasteiger partial charge in [0.25, 0.3) is 0 Å². The molecule has 0 unspecified atom stereocenters. The molecule has 0 fully saturated rings. The van der Waals surface area contributed by atoms with Crippen LogP contribution in [-0.2, 0) is 12.8 Å². The lowest BCUT2D eigenvalue weighted by Crippen LogP contribution is -2.19. The Bertz CT molecular complexity index is 1090. The van der Waals surface area contributed by atoms with Gasteiger partial charge in [0.15, 0.2) is 0 Å². The van der Waals surface area contributed by atoms with Gasteiger partial charge in [-0.05, 0) is 60.5 Å². The Kier molecular flexibility index (Phi) is 5.42. The van der Waals surface area contributed by atoms with Crippen molar-refractivity contribution in [3.63, 3.8) is 0 Å². The summed E-state index contributed by atoms with van der Waals surface area (Å²) in [6.45, 7) is 0. The first-order valence-electron chi connectivity index (χ1n) is 9.44. The van der Waals surface area contributed by atoms with Crippen molar-refractivity contribution < 1.29 is 9.53 Å². The van der Waals surface area contributed by atoms with Crippen molar-refractivity contribution in [1.29, 1.82) is 0 Å². The molecule has 0 aliphatic heterocycles. The molecule has 1 heterocycles. The number of aryl methyl sites for hydroxylation is 2.